The largest absolute Gasteiger partial charge is 0.438 e. The average molecular weight is 342 g/mol. The van der Waals surface area contributed by atoms with Gasteiger partial charge in [0.25, 0.3) is 0 Å². The summed E-state index contributed by atoms with van der Waals surface area (Å²) in [6.45, 7) is 0.338. The first-order valence-corrected chi connectivity index (χ1v) is 7.56. The molecule has 1 saturated carbocycles. The third kappa shape index (κ3) is 2.76. The van der Waals surface area contributed by atoms with Crippen LogP contribution in [0.2, 0.25) is 10.0 Å². The van der Waals surface area contributed by atoms with E-state index in [9.17, 15) is 9.59 Å². The second-order valence-corrected chi connectivity index (χ2v) is 6.04. The van der Waals surface area contributed by atoms with Crippen molar-refractivity contribution in [2.24, 2.45) is 0 Å². The number of aromatic amines is 1. The molecule has 1 amide bonds. The molecule has 0 atom stereocenters. The van der Waals surface area contributed by atoms with Crippen molar-refractivity contribution in [2.75, 3.05) is 6.54 Å². The topological polar surface area (TPSA) is 88.0 Å². The highest BCUT2D eigenvalue weighted by Crippen LogP contribution is 2.53. The number of nitrogens with zero attached hydrogens (tertiary/aromatic N) is 1. The van der Waals surface area contributed by atoms with E-state index < -0.39 is 11.2 Å². The van der Waals surface area contributed by atoms with E-state index in [2.05, 4.69) is 20.0 Å². The number of H-pyrrole nitrogens is 1. The first kappa shape index (κ1) is 15.1. The van der Waals surface area contributed by atoms with Crippen LogP contribution in [0, 0.1) is 0 Å². The van der Waals surface area contributed by atoms with Crippen molar-refractivity contribution in [1.29, 1.82) is 0 Å². The van der Waals surface area contributed by atoms with Gasteiger partial charge in [0.2, 0.25) is 5.91 Å². The molecule has 0 bridgehead atoms. The fraction of sp³-hybridized carbons (Fsp3) is 0.357. The lowest BCUT2D eigenvalue weighted by Crippen LogP contribution is -2.36. The smallest absolute Gasteiger partial charge is 0.355 e. The summed E-state index contributed by atoms with van der Waals surface area (Å²) in [6, 6.07) is 5.22. The predicted octanol–water partition coefficient (Wildman–Crippen LogP) is 2.06. The van der Waals surface area contributed by atoms with Crippen molar-refractivity contribution in [3.63, 3.8) is 0 Å². The van der Waals surface area contributed by atoms with Crippen LogP contribution in [0.15, 0.2) is 27.5 Å². The quantitative estimate of drug-likeness (QED) is 0.871. The number of hydrogen-bond acceptors (Lipinski definition) is 4. The molecule has 1 aromatic heterocycles. The van der Waals surface area contributed by atoms with Gasteiger partial charge in [-0.2, -0.15) is 0 Å². The monoisotopic (exact) mass is 341 g/mol. The van der Waals surface area contributed by atoms with Crippen molar-refractivity contribution in [3.05, 3.63) is 50.2 Å². The lowest BCUT2D eigenvalue weighted by Gasteiger charge is -2.18. The van der Waals surface area contributed by atoms with Crippen LogP contribution in [0.5, 0.6) is 0 Å². The highest BCUT2D eigenvalue weighted by molar-refractivity contribution is 6.36. The van der Waals surface area contributed by atoms with Gasteiger partial charge in [-0.1, -0.05) is 34.4 Å². The van der Waals surface area contributed by atoms with Crippen molar-refractivity contribution in [3.8, 4) is 0 Å². The van der Waals surface area contributed by atoms with Crippen molar-refractivity contribution < 1.29 is 9.32 Å². The Balaban J connectivity index is 1.68. The number of carbonyl (C=O) groups is 1. The fourth-order valence-electron chi connectivity index (χ4n) is 2.50. The zero-order chi connectivity index (χ0) is 15.7. The van der Waals surface area contributed by atoms with Crippen LogP contribution in [-0.2, 0) is 16.6 Å². The normalized spacial score (nSPS) is 15.5. The van der Waals surface area contributed by atoms with Crippen LogP contribution in [0.4, 0.5) is 0 Å². The molecular weight excluding hydrogens is 329 g/mol. The van der Waals surface area contributed by atoms with E-state index in [0.29, 0.717) is 47.2 Å². The number of benzene rings is 1. The molecule has 0 radical (unpaired) electrons. The molecule has 2 aromatic rings. The Hall–Kier alpha value is -1.79. The van der Waals surface area contributed by atoms with Gasteiger partial charge >= 0.3 is 5.76 Å². The van der Waals surface area contributed by atoms with Gasteiger partial charge in [-0.25, -0.2) is 4.79 Å². The van der Waals surface area contributed by atoms with Gasteiger partial charge in [-0.05, 0) is 25.0 Å². The van der Waals surface area contributed by atoms with Gasteiger partial charge in [0.1, 0.15) is 0 Å². The summed E-state index contributed by atoms with van der Waals surface area (Å²) < 4.78 is 4.39. The third-order valence-electron chi connectivity index (χ3n) is 3.76. The van der Waals surface area contributed by atoms with Gasteiger partial charge < -0.3 is 5.32 Å². The van der Waals surface area contributed by atoms with Gasteiger partial charge in [-0.3, -0.25) is 14.3 Å². The number of aromatic nitrogens is 2. The molecule has 1 aliphatic carbocycles. The van der Waals surface area contributed by atoms with Crippen molar-refractivity contribution in [2.45, 2.75) is 24.7 Å². The van der Waals surface area contributed by atoms with E-state index in [1.807, 2.05) is 0 Å². The molecule has 116 valence electrons. The van der Waals surface area contributed by atoms with Gasteiger partial charge in [0.15, 0.2) is 5.82 Å². The Kier molecular flexibility index (Phi) is 3.97. The molecule has 1 aliphatic rings. The highest BCUT2D eigenvalue weighted by atomic mass is 35.5. The maximum atomic E-state index is 12.5. The van der Waals surface area contributed by atoms with Crippen LogP contribution >= 0.6 is 23.2 Å². The number of halogens is 2. The van der Waals surface area contributed by atoms with Crippen LogP contribution in [0.25, 0.3) is 0 Å². The Labute approximate surface area is 135 Å². The number of nitrogens with one attached hydrogen (secondary N) is 2. The van der Waals surface area contributed by atoms with E-state index in [-0.39, 0.29) is 5.91 Å². The summed E-state index contributed by atoms with van der Waals surface area (Å²) >= 11 is 12.4. The molecule has 8 heteroatoms. The van der Waals surface area contributed by atoms with Crippen molar-refractivity contribution >= 4 is 29.1 Å². The van der Waals surface area contributed by atoms with Crippen molar-refractivity contribution in [1.82, 2.24) is 15.5 Å². The van der Waals surface area contributed by atoms with Gasteiger partial charge in [0.05, 0.1) is 5.41 Å². The SMILES string of the molecule is O=C(NCCc1noc(=O)[nH]1)C1(c2c(Cl)cccc2Cl)CC1. The first-order valence-electron chi connectivity index (χ1n) is 6.80. The molecule has 1 fully saturated rings. The highest BCUT2D eigenvalue weighted by Gasteiger charge is 2.53. The minimum absolute atomic E-state index is 0.117. The molecule has 0 aliphatic heterocycles. The number of carbonyl (C=O) groups excluding carboxylic acids is 1. The summed E-state index contributed by atoms with van der Waals surface area (Å²) in [5, 5.41) is 7.38. The van der Waals surface area contributed by atoms with E-state index in [1.165, 1.54) is 0 Å². The molecule has 2 N–H and O–H groups in total. The van der Waals surface area contributed by atoms with Crippen LogP contribution in [-0.4, -0.2) is 22.6 Å². The van der Waals surface area contributed by atoms with E-state index >= 15 is 0 Å². The van der Waals surface area contributed by atoms with E-state index in [4.69, 9.17) is 23.2 Å². The summed E-state index contributed by atoms with van der Waals surface area (Å²) in [5.74, 6) is -0.331. The zero-order valence-electron chi connectivity index (χ0n) is 11.5. The molecule has 22 heavy (non-hydrogen) atoms. The molecular formula is C14H13Cl2N3O3. The maximum Gasteiger partial charge on any atom is 0.438 e. The van der Waals surface area contributed by atoms with E-state index in [1.54, 1.807) is 18.2 Å². The Morgan fingerprint density at radius 2 is 2.05 bits per heavy atom. The lowest BCUT2D eigenvalue weighted by atomic mass is 9.94. The van der Waals surface area contributed by atoms with Crippen LogP contribution < -0.4 is 11.1 Å². The minimum atomic E-state index is -0.646. The Morgan fingerprint density at radius 1 is 1.36 bits per heavy atom. The molecule has 1 heterocycles. The second-order valence-electron chi connectivity index (χ2n) is 5.23. The zero-order valence-corrected chi connectivity index (χ0v) is 13.0. The second kappa shape index (κ2) is 5.78. The van der Waals surface area contributed by atoms with Crippen LogP contribution in [0.3, 0.4) is 0 Å². The summed E-state index contributed by atoms with van der Waals surface area (Å²) in [7, 11) is 0. The first-order chi connectivity index (χ1) is 10.5. The number of rotatable bonds is 5. The number of amides is 1. The molecule has 0 spiro atoms. The Bertz CT molecular complexity index is 744. The lowest BCUT2D eigenvalue weighted by molar-refractivity contribution is -0.123. The van der Waals surface area contributed by atoms with Gasteiger partial charge in [0, 0.05) is 28.6 Å². The third-order valence-corrected chi connectivity index (χ3v) is 4.39. The molecule has 1 aromatic carbocycles. The minimum Gasteiger partial charge on any atom is -0.355 e. The molecule has 3 rings (SSSR count). The predicted molar refractivity (Wildman–Crippen MR) is 81.2 cm³/mol. The number of hydrogen-bond donors (Lipinski definition) is 2. The fourth-order valence-corrected chi connectivity index (χ4v) is 3.26. The summed E-state index contributed by atoms with van der Waals surface area (Å²) in [5.41, 5.74) is 0.0396. The standard InChI is InChI=1S/C14H13Cl2N3O3/c15-8-2-1-3-9(16)11(8)14(5-6-14)12(20)17-7-4-10-18-13(21)22-19-10/h1-3H,4-7H2,(H,17,20)(H,18,19,21). The molecule has 0 saturated heterocycles. The van der Waals surface area contributed by atoms with Crippen LogP contribution in [0.1, 0.15) is 24.2 Å². The van der Waals surface area contributed by atoms with Gasteiger partial charge in [-0.15, -0.1) is 0 Å². The maximum absolute atomic E-state index is 12.5. The average Bonchev–Trinajstić information content (AvgIpc) is 3.16. The summed E-state index contributed by atoms with van der Waals surface area (Å²) in [6.07, 6.45) is 1.80. The molecule has 0 unspecified atom stereocenters. The van der Waals surface area contributed by atoms with E-state index in [0.717, 1.165) is 0 Å². The Morgan fingerprint density at radius 3 is 2.59 bits per heavy atom. The summed E-state index contributed by atoms with van der Waals surface area (Å²) in [4.78, 5) is 25.7. The molecule has 6 nitrogen and oxygen atoms in total.